The zero-order valence-corrected chi connectivity index (χ0v) is 7.99. The molecule has 2 aromatic rings. The highest BCUT2D eigenvalue weighted by Gasteiger charge is 2.25. The second-order valence-corrected chi connectivity index (χ2v) is 3.58. The molecular weight excluding hydrogens is 192 g/mol. The number of aromatic nitrogens is 1. The highest BCUT2D eigenvalue weighted by atomic mass is 16.6. The van der Waals surface area contributed by atoms with Crippen LogP contribution in [0.2, 0.25) is 0 Å². The van der Waals surface area contributed by atoms with Gasteiger partial charge in [0.15, 0.2) is 0 Å². The molecule has 0 radical (unpaired) electrons. The Morgan fingerprint density at radius 1 is 1.33 bits per heavy atom. The van der Waals surface area contributed by atoms with Crippen LogP contribution in [-0.2, 0) is 4.74 Å². The van der Waals surface area contributed by atoms with Crippen LogP contribution in [-0.4, -0.2) is 17.7 Å². The number of para-hydroxylation sites is 1. The first-order chi connectivity index (χ1) is 7.34. The van der Waals surface area contributed by atoms with Gasteiger partial charge in [0.05, 0.1) is 11.6 Å². The van der Waals surface area contributed by atoms with Crippen LogP contribution in [0.1, 0.15) is 11.6 Å². The maximum atomic E-state index is 11.0. The number of ether oxygens (including phenoxy) is 1. The standard InChI is InChI=1S/C11H10N2O2/c14-11-13-9(6-15-11)8-3-1-2-7-4-5-12-10(7)8/h1-5,9,12H,6H2,(H,13,14). The van der Waals surface area contributed by atoms with Gasteiger partial charge in [-0.15, -0.1) is 0 Å². The lowest BCUT2D eigenvalue weighted by molar-refractivity contribution is 0.177. The molecule has 1 amide bonds. The first kappa shape index (κ1) is 8.35. The number of hydrogen-bond acceptors (Lipinski definition) is 2. The molecule has 0 spiro atoms. The third-order valence-electron chi connectivity index (χ3n) is 2.67. The van der Waals surface area contributed by atoms with Crippen LogP contribution >= 0.6 is 0 Å². The highest BCUT2D eigenvalue weighted by Crippen LogP contribution is 2.25. The SMILES string of the molecule is O=C1NC(c2cccc3cc[nH]c23)CO1. The molecule has 2 N–H and O–H groups in total. The lowest BCUT2D eigenvalue weighted by atomic mass is 10.1. The molecule has 0 aliphatic carbocycles. The first-order valence-electron chi connectivity index (χ1n) is 4.84. The summed E-state index contributed by atoms with van der Waals surface area (Å²) in [6, 6.07) is 7.98. The quantitative estimate of drug-likeness (QED) is 0.742. The minimum Gasteiger partial charge on any atom is -0.447 e. The Bertz CT molecular complexity index is 518. The van der Waals surface area contributed by atoms with Gasteiger partial charge in [-0.05, 0) is 11.5 Å². The second-order valence-electron chi connectivity index (χ2n) is 3.58. The predicted octanol–water partition coefficient (Wildman–Crippen LogP) is 1.95. The van der Waals surface area contributed by atoms with Crippen LogP contribution in [0.4, 0.5) is 4.79 Å². The number of carbonyl (C=O) groups excluding carboxylic acids is 1. The lowest BCUT2D eigenvalue weighted by Crippen LogP contribution is -2.18. The summed E-state index contributed by atoms with van der Waals surface area (Å²) in [5.41, 5.74) is 2.14. The van der Waals surface area contributed by atoms with Crippen LogP contribution in [0.5, 0.6) is 0 Å². The topological polar surface area (TPSA) is 54.1 Å². The van der Waals surface area contributed by atoms with Crippen molar-refractivity contribution < 1.29 is 9.53 Å². The van der Waals surface area contributed by atoms with E-state index in [2.05, 4.69) is 10.3 Å². The molecule has 1 aliphatic heterocycles. The average Bonchev–Trinajstić information content (AvgIpc) is 2.84. The monoisotopic (exact) mass is 202 g/mol. The maximum absolute atomic E-state index is 11.0. The summed E-state index contributed by atoms with van der Waals surface area (Å²) in [6.07, 6.45) is 1.55. The van der Waals surface area contributed by atoms with Gasteiger partial charge in [-0.1, -0.05) is 18.2 Å². The summed E-state index contributed by atoms with van der Waals surface area (Å²) in [7, 11) is 0. The minimum absolute atomic E-state index is 0.0418. The number of cyclic esters (lactones) is 1. The van der Waals surface area contributed by atoms with E-state index < -0.39 is 0 Å². The van der Waals surface area contributed by atoms with Crippen molar-refractivity contribution in [2.24, 2.45) is 0 Å². The van der Waals surface area contributed by atoms with Gasteiger partial charge in [0, 0.05) is 11.8 Å². The van der Waals surface area contributed by atoms with Crippen molar-refractivity contribution in [2.45, 2.75) is 6.04 Å². The maximum Gasteiger partial charge on any atom is 0.407 e. The number of H-pyrrole nitrogens is 1. The summed E-state index contributed by atoms with van der Waals surface area (Å²) >= 11 is 0. The first-order valence-corrected chi connectivity index (χ1v) is 4.84. The molecule has 4 heteroatoms. The van der Waals surface area contributed by atoms with Crippen molar-refractivity contribution in [2.75, 3.05) is 6.61 Å². The van der Waals surface area contributed by atoms with Crippen LogP contribution in [0.25, 0.3) is 10.9 Å². The van der Waals surface area contributed by atoms with Crippen molar-refractivity contribution in [3.63, 3.8) is 0 Å². The Hall–Kier alpha value is -1.97. The predicted molar refractivity (Wildman–Crippen MR) is 55.5 cm³/mol. The van der Waals surface area contributed by atoms with E-state index in [0.717, 1.165) is 16.5 Å². The van der Waals surface area contributed by atoms with E-state index in [-0.39, 0.29) is 12.1 Å². The van der Waals surface area contributed by atoms with Gasteiger partial charge in [-0.2, -0.15) is 0 Å². The Morgan fingerprint density at radius 2 is 2.27 bits per heavy atom. The molecule has 2 heterocycles. The summed E-state index contributed by atoms with van der Waals surface area (Å²) in [6.45, 7) is 0.400. The molecule has 76 valence electrons. The second kappa shape index (κ2) is 3.02. The van der Waals surface area contributed by atoms with E-state index in [1.807, 2.05) is 30.5 Å². The lowest BCUT2D eigenvalue weighted by Gasteiger charge is -2.08. The third-order valence-corrected chi connectivity index (χ3v) is 2.67. The van der Waals surface area contributed by atoms with Gasteiger partial charge in [0.2, 0.25) is 0 Å². The van der Waals surface area contributed by atoms with Crippen molar-refractivity contribution in [3.05, 3.63) is 36.0 Å². The molecule has 3 rings (SSSR count). The van der Waals surface area contributed by atoms with Crippen molar-refractivity contribution in [1.82, 2.24) is 10.3 Å². The fourth-order valence-electron chi connectivity index (χ4n) is 1.95. The van der Waals surface area contributed by atoms with Crippen molar-refractivity contribution >= 4 is 17.0 Å². The number of hydrogen-bond donors (Lipinski definition) is 2. The van der Waals surface area contributed by atoms with Crippen molar-refractivity contribution in [1.29, 1.82) is 0 Å². The number of carbonyl (C=O) groups is 1. The van der Waals surface area contributed by atoms with Crippen LogP contribution in [0.15, 0.2) is 30.5 Å². The van der Waals surface area contributed by atoms with E-state index >= 15 is 0 Å². The number of benzene rings is 1. The zero-order chi connectivity index (χ0) is 10.3. The number of nitrogens with one attached hydrogen (secondary N) is 2. The molecule has 1 fully saturated rings. The van der Waals surface area contributed by atoms with Gasteiger partial charge >= 0.3 is 6.09 Å². The number of alkyl carbamates (subject to hydrolysis) is 1. The molecule has 15 heavy (non-hydrogen) atoms. The van der Waals surface area contributed by atoms with Gasteiger partial charge in [0.25, 0.3) is 0 Å². The van der Waals surface area contributed by atoms with Gasteiger partial charge in [0.1, 0.15) is 6.61 Å². The van der Waals surface area contributed by atoms with E-state index in [9.17, 15) is 4.79 Å². The van der Waals surface area contributed by atoms with E-state index in [1.54, 1.807) is 0 Å². The average molecular weight is 202 g/mol. The molecule has 1 atom stereocenters. The van der Waals surface area contributed by atoms with Gasteiger partial charge < -0.3 is 15.0 Å². The van der Waals surface area contributed by atoms with Crippen molar-refractivity contribution in [3.8, 4) is 0 Å². The zero-order valence-electron chi connectivity index (χ0n) is 7.99. The molecular formula is C11H10N2O2. The number of fused-ring (bicyclic) bond motifs is 1. The fraction of sp³-hybridized carbons (Fsp3) is 0.182. The van der Waals surface area contributed by atoms with E-state index in [0.29, 0.717) is 6.61 Å². The largest absolute Gasteiger partial charge is 0.447 e. The summed E-state index contributed by atoms with van der Waals surface area (Å²) in [5, 5.41) is 3.92. The molecule has 0 bridgehead atoms. The van der Waals surface area contributed by atoms with Gasteiger partial charge in [-0.3, -0.25) is 0 Å². The summed E-state index contributed by atoms with van der Waals surface area (Å²) in [5.74, 6) is 0. The van der Waals surface area contributed by atoms with E-state index in [4.69, 9.17) is 4.74 Å². The molecule has 1 saturated heterocycles. The summed E-state index contributed by atoms with van der Waals surface area (Å²) < 4.78 is 4.88. The Kier molecular flexibility index (Phi) is 1.68. The van der Waals surface area contributed by atoms with Crippen LogP contribution in [0, 0.1) is 0 Å². The smallest absolute Gasteiger partial charge is 0.407 e. The molecule has 1 aliphatic rings. The Balaban J connectivity index is 2.10. The fourth-order valence-corrected chi connectivity index (χ4v) is 1.95. The third kappa shape index (κ3) is 1.26. The molecule has 1 aromatic heterocycles. The minimum atomic E-state index is -0.344. The Labute approximate surface area is 86.2 Å². The molecule has 4 nitrogen and oxygen atoms in total. The molecule has 1 unspecified atom stereocenters. The molecule has 0 saturated carbocycles. The normalized spacial score (nSPS) is 20.3. The molecule has 1 aromatic carbocycles. The number of rotatable bonds is 1. The van der Waals surface area contributed by atoms with Crippen LogP contribution in [0.3, 0.4) is 0 Å². The number of aromatic amines is 1. The van der Waals surface area contributed by atoms with E-state index in [1.165, 1.54) is 0 Å². The van der Waals surface area contributed by atoms with Gasteiger partial charge in [-0.25, -0.2) is 4.79 Å². The highest BCUT2D eigenvalue weighted by molar-refractivity contribution is 5.84. The van der Waals surface area contributed by atoms with Crippen LogP contribution < -0.4 is 5.32 Å². The summed E-state index contributed by atoms with van der Waals surface area (Å²) in [4.78, 5) is 14.1. The Morgan fingerprint density at radius 3 is 3.07 bits per heavy atom. The number of amides is 1.